The highest BCUT2D eigenvalue weighted by atomic mass is 16.5. The van der Waals surface area contributed by atoms with Gasteiger partial charge in [-0.1, -0.05) is 12.1 Å². The second-order valence-electron chi connectivity index (χ2n) is 8.09. The molecule has 0 spiro atoms. The largest absolute Gasteiger partial charge is 0.493 e. The van der Waals surface area contributed by atoms with Gasteiger partial charge in [-0.3, -0.25) is 14.2 Å². The number of nitrogens with one attached hydrogen (secondary N) is 1. The van der Waals surface area contributed by atoms with Crippen LogP contribution in [0.4, 0.5) is 5.69 Å². The molecule has 0 fully saturated rings. The van der Waals surface area contributed by atoms with Crippen molar-refractivity contribution in [2.75, 3.05) is 39.8 Å². The average molecular weight is 453 g/mol. The summed E-state index contributed by atoms with van der Waals surface area (Å²) < 4.78 is 12.1. The van der Waals surface area contributed by atoms with Crippen molar-refractivity contribution in [2.24, 2.45) is 0 Å². The maximum absolute atomic E-state index is 12.8. The summed E-state index contributed by atoms with van der Waals surface area (Å²) in [6.45, 7) is 1.05. The van der Waals surface area contributed by atoms with Gasteiger partial charge in [0.25, 0.3) is 5.56 Å². The zero-order valence-electron chi connectivity index (χ0n) is 19.8. The van der Waals surface area contributed by atoms with E-state index in [0.717, 1.165) is 12.8 Å². The zero-order valence-corrected chi connectivity index (χ0v) is 19.8. The predicted octanol–water partition coefficient (Wildman–Crippen LogP) is 3.01. The van der Waals surface area contributed by atoms with E-state index in [1.807, 2.05) is 14.1 Å². The van der Waals surface area contributed by atoms with Gasteiger partial charge in [0.1, 0.15) is 0 Å². The van der Waals surface area contributed by atoms with Crippen LogP contribution in [0.1, 0.15) is 24.8 Å². The molecule has 0 radical (unpaired) electrons. The van der Waals surface area contributed by atoms with E-state index in [1.165, 1.54) is 29.3 Å². The monoisotopic (exact) mass is 452 g/mol. The first-order valence-corrected chi connectivity index (χ1v) is 11.1. The van der Waals surface area contributed by atoms with Crippen LogP contribution in [-0.2, 0) is 17.8 Å². The second-order valence-corrected chi connectivity index (χ2v) is 8.09. The number of aromatic nitrogens is 2. The van der Waals surface area contributed by atoms with Gasteiger partial charge in [-0.2, -0.15) is 0 Å². The Morgan fingerprint density at radius 3 is 2.42 bits per heavy atom. The van der Waals surface area contributed by atoms with E-state index in [2.05, 4.69) is 39.5 Å². The highest BCUT2D eigenvalue weighted by molar-refractivity contribution is 5.81. The lowest BCUT2D eigenvalue weighted by Gasteiger charge is -2.12. The van der Waals surface area contributed by atoms with E-state index < -0.39 is 0 Å². The molecule has 0 aliphatic carbocycles. The summed E-state index contributed by atoms with van der Waals surface area (Å²) in [7, 11) is 7.11. The molecule has 0 aliphatic rings. The van der Waals surface area contributed by atoms with Gasteiger partial charge in [0.15, 0.2) is 11.5 Å². The lowest BCUT2D eigenvalue weighted by molar-refractivity contribution is -0.121. The van der Waals surface area contributed by atoms with E-state index in [9.17, 15) is 9.59 Å². The minimum atomic E-state index is -0.165. The van der Waals surface area contributed by atoms with Crippen LogP contribution in [0, 0.1) is 0 Å². The maximum Gasteiger partial charge on any atom is 0.261 e. The predicted molar refractivity (Wildman–Crippen MR) is 130 cm³/mol. The van der Waals surface area contributed by atoms with E-state index >= 15 is 0 Å². The normalized spacial score (nSPS) is 10.8. The first-order chi connectivity index (χ1) is 15.9. The molecule has 0 unspecified atom stereocenters. The molecule has 0 saturated carbocycles. The third-order valence-corrected chi connectivity index (χ3v) is 5.55. The van der Waals surface area contributed by atoms with Crippen LogP contribution in [-0.4, -0.2) is 50.3 Å². The highest BCUT2D eigenvalue weighted by Crippen LogP contribution is 2.29. The number of anilines is 1. The molecule has 0 atom stereocenters. The van der Waals surface area contributed by atoms with Gasteiger partial charge in [0.05, 0.1) is 31.4 Å². The smallest absolute Gasteiger partial charge is 0.261 e. The third kappa shape index (κ3) is 6.25. The Morgan fingerprint density at radius 1 is 1.06 bits per heavy atom. The number of carbonyl (C=O) groups excluding carboxylic acids is 1. The summed E-state index contributed by atoms with van der Waals surface area (Å²) >= 11 is 0. The summed E-state index contributed by atoms with van der Waals surface area (Å²) in [6.07, 6.45) is 4.22. The van der Waals surface area contributed by atoms with Crippen LogP contribution in [0.25, 0.3) is 10.9 Å². The van der Waals surface area contributed by atoms with Crippen molar-refractivity contribution in [1.82, 2.24) is 14.9 Å². The summed E-state index contributed by atoms with van der Waals surface area (Å²) in [5.41, 5.74) is 2.81. The Morgan fingerprint density at radius 2 is 1.76 bits per heavy atom. The molecular weight excluding hydrogens is 420 g/mol. The molecule has 1 aromatic heterocycles. The third-order valence-electron chi connectivity index (χ3n) is 5.55. The van der Waals surface area contributed by atoms with Gasteiger partial charge >= 0.3 is 0 Å². The van der Waals surface area contributed by atoms with Crippen molar-refractivity contribution in [1.29, 1.82) is 0 Å². The molecule has 176 valence electrons. The lowest BCUT2D eigenvalue weighted by atomic mass is 10.1. The second kappa shape index (κ2) is 11.4. The number of rotatable bonds is 11. The number of carbonyl (C=O) groups is 1. The maximum atomic E-state index is 12.8. The van der Waals surface area contributed by atoms with Crippen LogP contribution in [0.2, 0.25) is 0 Å². The molecule has 1 heterocycles. The molecule has 2 aromatic carbocycles. The fourth-order valence-corrected chi connectivity index (χ4v) is 3.62. The quantitative estimate of drug-likeness (QED) is 0.450. The van der Waals surface area contributed by atoms with Gasteiger partial charge in [-0.15, -0.1) is 0 Å². The molecule has 0 saturated heterocycles. The van der Waals surface area contributed by atoms with Gasteiger partial charge in [-0.05, 0) is 43.0 Å². The molecule has 0 aliphatic heterocycles. The molecule has 3 rings (SSSR count). The summed E-state index contributed by atoms with van der Waals surface area (Å²) in [5, 5.41) is 3.42. The van der Waals surface area contributed by atoms with Crippen molar-refractivity contribution in [3.63, 3.8) is 0 Å². The van der Waals surface area contributed by atoms with E-state index in [-0.39, 0.29) is 11.5 Å². The van der Waals surface area contributed by atoms with Crippen LogP contribution in [0.15, 0.2) is 47.5 Å². The van der Waals surface area contributed by atoms with E-state index in [4.69, 9.17) is 9.47 Å². The van der Waals surface area contributed by atoms with Crippen molar-refractivity contribution in [2.45, 2.75) is 32.2 Å². The SMILES string of the molecule is COc1cc2ncn(CCCC(=O)NCCCc3ccc(N(C)C)cc3)c(=O)c2cc1OC. The molecule has 3 aromatic rings. The number of hydrogen-bond acceptors (Lipinski definition) is 6. The van der Waals surface area contributed by atoms with Crippen LogP contribution >= 0.6 is 0 Å². The minimum absolute atomic E-state index is 0.00819. The topological polar surface area (TPSA) is 85.7 Å². The Balaban J connectivity index is 1.45. The molecule has 1 amide bonds. The molecular formula is C25H32N4O4. The van der Waals surface area contributed by atoms with Crippen molar-refractivity contribution >= 4 is 22.5 Å². The van der Waals surface area contributed by atoms with Crippen LogP contribution < -0.4 is 25.2 Å². The summed E-state index contributed by atoms with van der Waals surface area (Å²) in [6, 6.07) is 11.8. The fraction of sp³-hybridized carbons (Fsp3) is 0.400. The number of methoxy groups -OCH3 is 2. The Labute approximate surface area is 194 Å². The summed E-state index contributed by atoms with van der Waals surface area (Å²) in [4.78, 5) is 31.4. The number of aryl methyl sites for hydroxylation is 2. The van der Waals surface area contributed by atoms with E-state index in [0.29, 0.717) is 48.3 Å². The number of hydrogen-bond donors (Lipinski definition) is 1. The van der Waals surface area contributed by atoms with Crippen LogP contribution in [0.3, 0.4) is 0 Å². The number of fused-ring (bicyclic) bond motifs is 1. The van der Waals surface area contributed by atoms with Crippen molar-refractivity contribution < 1.29 is 14.3 Å². The standard InChI is InChI=1S/C25H32N4O4/c1-28(2)19-11-9-18(10-12-19)7-5-13-26-24(30)8-6-14-29-17-27-21-16-23(33-4)22(32-3)15-20(21)25(29)31/h9-12,15-17H,5-8,13-14H2,1-4H3,(H,26,30). The molecule has 8 nitrogen and oxygen atoms in total. The van der Waals surface area contributed by atoms with Gasteiger partial charge < -0.3 is 19.7 Å². The molecule has 8 heteroatoms. The van der Waals surface area contributed by atoms with Crippen molar-refractivity contribution in [3.05, 3.63) is 58.6 Å². The van der Waals surface area contributed by atoms with E-state index in [1.54, 1.807) is 19.2 Å². The average Bonchev–Trinajstić information content (AvgIpc) is 2.82. The Bertz CT molecular complexity index is 1140. The van der Waals surface area contributed by atoms with Crippen molar-refractivity contribution in [3.8, 4) is 11.5 Å². The number of benzene rings is 2. The Hall–Kier alpha value is -3.55. The molecule has 1 N–H and O–H groups in total. The number of ether oxygens (including phenoxy) is 2. The number of nitrogens with zero attached hydrogens (tertiary/aromatic N) is 3. The first-order valence-electron chi connectivity index (χ1n) is 11.1. The summed E-state index contributed by atoms with van der Waals surface area (Å²) in [5.74, 6) is 0.998. The highest BCUT2D eigenvalue weighted by Gasteiger charge is 2.11. The fourth-order valence-electron chi connectivity index (χ4n) is 3.62. The lowest BCUT2D eigenvalue weighted by Crippen LogP contribution is -2.26. The number of amides is 1. The molecule has 0 bridgehead atoms. The molecule has 33 heavy (non-hydrogen) atoms. The first kappa shape index (κ1) is 24.1. The Kier molecular flexibility index (Phi) is 8.29. The van der Waals surface area contributed by atoms with Crippen LogP contribution in [0.5, 0.6) is 11.5 Å². The van der Waals surface area contributed by atoms with Gasteiger partial charge in [0.2, 0.25) is 5.91 Å². The van der Waals surface area contributed by atoms with Gasteiger partial charge in [-0.25, -0.2) is 4.98 Å². The van der Waals surface area contributed by atoms with Gasteiger partial charge in [0, 0.05) is 45.4 Å². The zero-order chi connectivity index (χ0) is 23.8. The minimum Gasteiger partial charge on any atom is -0.493 e.